The van der Waals surface area contributed by atoms with Gasteiger partial charge in [0.15, 0.2) is 17.3 Å². The highest BCUT2D eigenvalue weighted by atomic mass is 27.2. The van der Waals surface area contributed by atoms with Crippen LogP contribution in [-0.2, 0) is 43.0 Å². The Labute approximate surface area is 168 Å². The Morgan fingerprint density at radius 1 is 0.536 bits per heavy atom. The van der Waals surface area contributed by atoms with Crippen molar-refractivity contribution >= 4 is 45.4 Å². The lowest BCUT2D eigenvalue weighted by Crippen LogP contribution is -2.46. The second-order valence-electron chi connectivity index (χ2n) is 5.89. The monoisotopic (exact) mass is 414 g/mol. The summed E-state index contributed by atoms with van der Waals surface area (Å²) in [6, 6.07) is 0. The Hall–Kier alpha value is -1.57. The van der Waals surface area contributed by atoms with Crippen LogP contribution in [0.4, 0.5) is 0 Å². The summed E-state index contributed by atoms with van der Waals surface area (Å²) in [6.45, 7) is 4.92. The van der Waals surface area contributed by atoms with Crippen LogP contribution in [0, 0.1) is 0 Å². The molecule has 0 radical (unpaired) electrons. The highest BCUT2D eigenvalue weighted by Gasteiger charge is 2.44. The summed E-state index contributed by atoms with van der Waals surface area (Å²) in [5.41, 5.74) is 0. The highest BCUT2D eigenvalue weighted by molar-refractivity contribution is 7.28. The van der Waals surface area contributed by atoms with Crippen molar-refractivity contribution in [3.8, 4) is 0 Å². The fourth-order valence-corrected chi connectivity index (χ4v) is 4.60. The molecule has 0 aromatic heterocycles. The van der Waals surface area contributed by atoms with Crippen LogP contribution in [0.5, 0.6) is 0 Å². The SMILES string of the molecule is CCOCC(=O)C[C](=O)[Al]([C](=O)CC(=O)COCC)[C](=O)CC(=O)COCC. The van der Waals surface area contributed by atoms with Crippen LogP contribution >= 0.6 is 0 Å². The minimum Gasteiger partial charge on any atom is -0.374 e. The van der Waals surface area contributed by atoms with Crippen molar-refractivity contribution in [2.24, 2.45) is 0 Å². The number of Topliss-reactive ketones (excluding diaryl/α,β-unsaturated/α-hetero) is 3. The van der Waals surface area contributed by atoms with Gasteiger partial charge in [0.25, 0.3) is 0 Å². The minimum atomic E-state index is -3.53. The van der Waals surface area contributed by atoms with Gasteiger partial charge in [-0.1, -0.05) is 0 Å². The van der Waals surface area contributed by atoms with Gasteiger partial charge in [-0.3, -0.25) is 14.4 Å². The summed E-state index contributed by atoms with van der Waals surface area (Å²) in [6.07, 6.45) is -1.89. The lowest BCUT2D eigenvalue weighted by Gasteiger charge is -2.09. The van der Waals surface area contributed by atoms with Gasteiger partial charge in [-0.15, -0.1) is 0 Å². The molecule has 0 amide bonds. The molecule has 9 nitrogen and oxygen atoms in total. The summed E-state index contributed by atoms with van der Waals surface area (Å²) in [7, 11) is 0. The molecule has 0 aromatic carbocycles. The first-order valence-electron chi connectivity index (χ1n) is 9.13. The molecule has 0 unspecified atom stereocenters. The van der Waals surface area contributed by atoms with Gasteiger partial charge in [-0.2, -0.15) is 0 Å². The molecule has 0 aliphatic carbocycles. The van der Waals surface area contributed by atoms with Gasteiger partial charge in [-0.25, -0.2) is 0 Å². The van der Waals surface area contributed by atoms with Crippen molar-refractivity contribution in [2.75, 3.05) is 39.6 Å². The number of carbonyl (C=O) groups is 6. The number of carbonyl (C=O) groups excluding carboxylic acids is 6. The second kappa shape index (κ2) is 15.4. The average Bonchev–Trinajstić information content (AvgIpc) is 2.62. The van der Waals surface area contributed by atoms with E-state index in [1.54, 1.807) is 20.8 Å². The van der Waals surface area contributed by atoms with Gasteiger partial charge < -0.3 is 28.6 Å². The summed E-state index contributed by atoms with van der Waals surface area (Å²) < 4.78 is 12.3. The van der Waals surface area contributed by atoms with Crippen molar-refractivity contribution in [2.45, 2.75) is 40.0 Å². The van der Waals surface area contributed by atoms with E-state index in [1.165, 1.54) is 0 Å². The number of hydrogen-bond acceptors (Lipinski definition) is 9. The predicted octanol–water partition coefficient (Wildman–Crippen LogP) is -0.207. The Morgan fingerprint density at radius 3 is 1.00 bits per heavy atom. The molecule has 0 aliphatic rings. The molecule has 0 aliphatic heterocycles. The van der Waals surface area contributed by atoms with E-state index in [2.05, 4.69) is 0 Å². The zero-order chi connectivity index (χ0) is 21.5. The molecule has 156 valence electrons. The summed E-state index contributed by atoms with van der Waals surface area (Å²) in [5, 5.41) is 0. The van der Waals surface area contributed by atoms with E-state index in [0.717, 1.165) is 0 Å². The normalized spacial score (nSPS) is 10.4. The predicted molar refractivity (Wildman–Crippen MR) is 99.1 cm³/mol. The third-order valence-corrected chi connectivity index (χ3v) is 6.03. The van der Waals surface area contributed by atoms with E-state index in [4.69, 9.17) is 14.2 Å². The maximum absolute atomic E-state index is 12.4. The van der Waals surface area contributed by atoms with E-state index < -0.39 is 64.7 Å². The molecule has 0 aromatic rings. The molecule has 0 bridgehead atoms. The van der Waals surface area contributed by atoms with E-state index >= 15 is 0 Å². The Morgan fingerprint density at radius 2 is 0.786 bits per heavy atom. The van der Waals surface area contributed by atoms with Crippen molar-refractivity contribution in [3.05, 3.63) is 0 Å². The molecule has 0 spiro atoms. The second-order valence-corrected chi connectivity index (χ2v) is 8.69. The van der Waals surface area contributed by atoms with E-state index in [0.29, 0.717) is 0 Å². The van der Waals surface area contributed by atoms with Crippen molar-refractivity contribution in [1.29, 1.82) is 0 Å². The maximum Gasteiger partial charge on any atom is 0.550 e. The number of ketones is 3. The average molecular weight is 414 g/mol. The quantitative estimate of drug-likeness (QED) is 0.221. The molecule has 10 heteroatoms. The molecule has 28 heavy (non-hydrogen) atoms. The third-order valence-electron chi connectivity index (χ3n) is 3.48. The summed E-state index contributed by atoms with van der Waals surface area (Å²) >= 11 is -3.53. The van der Waals surface area contributed by atoms with Crippen LogP contribution < -0.4 is 0 Å². The van der Waals surface area contributed by atoms with Gasteiger partial charge in [0.1, 0.15) is 19.8 Å². The lowest BCUT2D eigenvalue weighted by molar-refractivity contribution is -0.127. The van der Waals surface area contributed by atoms with Gasteiger partial charge in [-0.05, 0) is 20.8 Å². The fraction of sp³-hybridized carbons (Fsp3) is 0.667. The van der Waals surface area contributed by atoms with Crippen molar-refractivity contribution in [1.82, 2.24) is 0 Å². The van der Waals surface area contributed by atoms with Crippen LogP contribution in [0.25, 0.3) is 0 Å². The van der Waals surface area contributed by atoms with Crippen molar-refractivity contribution in [3.63, 3.8) is 0 Å². The maximum atomic E-state index is 12.4. The van der Waals surface area contributed by atoms with Gasteiger partial charge >= 0.3 is 14.1 Å². The molecular formula is C18H27AlO9. The van der Waals surface area contributed by atoms with Crippen LogP contribution in [0.2, 0.25) is 0 Å². The molecular weight excluding hydrogens is 387 g/mol. The summed E-state index contributed by atoms with van der Waals surface area (Å²) in [4.78, 5) is 72.7. The largest absolute Gasteiger partial charge is 0.550 e. The molecule has 0 N–H and O–H groups in total. The first kappa shape index (κ1) is 26.4. The molecule has 0 saturated heterocycles. The van der Waals surface area contributed by atoms with Crippen LogP contribution in [0.3, 0.4) is 0 Å². The Balaban J connectivity index is 5.17. The molecule has 0 fully saturated rings. The number of ether oxygens (including phenoxy) is 3. The Bertz CT molecular complexity index is 505. The number of hydrogen-bond donors (Lipinski definition) is 0. The van der Waals surface area contributed by atoms with Gasteiger partial charge in [0, 0.05) is 19.8 Å². The van der Waals surface area contributed by atoms with Crippen molar-refractivity contribution < 1.29 is 43.0 Å². The molecule has 0 atom stereocenters. The standard InChI is InChI=1S/3C6H9O3.Al/c3*1-2-9-5-6(8)3-4-7;/h3*2-3,5H2,1H3;. The summed E-state index contributed by atoms with van der Waals surface area (Å²) in [5.74, 6) is -1.69. The van der Waals surface area contributed by atoms with Gasteiger partial charge in [0.2, 0.25) is 0 Å². The van der Waals surface area contributed by atoms with Crippen LogP contribution in [-0.4, -0.2) is 85.1 Å². The molecule has 0 rings (SSSR count). The van der Waals surface area contributed by atoms with E-state index in [1.807, 2.05) is 0 Å². The third kappa shape index (κ3) is 11.3. The topological polar surface area (TPSA) is 130 Å². The first-order chi connectivity index (χ1) is 13.3. The Kier molecular flexibility index (Phi) is 14.5. The van der Waals surface area contributed by atoms with Gasteiger partial charge in [0.05, 0.1) is 33.2 Å². The minimum absolute atomic E-state index is 0.274. The first-order valence-corrected chi connectivity index (χ1v) is 10.9. The fourth-order valence-electron chi connectivity index (χ4n) is 2.23. The highest BCUT2D eigenvalue weighted by Crippen LogP contribution is 2.05. The van der Waals surface area contributed by atoms with E-state index in [-0.39, 0.29) is 39.6 Å². The number of rotatable bonds is 18. The molecule has 0 heterocycles. The zero-order valence-corrected chi connectivity index (χ0v) is 17.8. The lowest BCUT2D eigenvalue weighted by atomic mass is 10.3. The zero-order valence-electron chi connectivity index (χ0n) is 16.6. The smallest absolute Gasteiger partial charge is 0.374 e. The van der Waals surface area contributed by atoms with Crippen LogP contribution in [0.15, 0.2) is 0 Å². The molecule has 0 saturated carbocycles. The van der Waals surface area contributed by atoms with E-state index in [9.17, 15) is 28.8 Å². The van der Waals surface area contributed by atoms with Crippen LogP contribution in [0.1, 0.15) is 40.0 Å².